The summed E-state index contributed by atoms with van der Waals surface area (Å²) in [5, 5.41) is 0. The first-order valence-corrected chi connectivity index (χ1v) is 9.27. The highest BCUT2D eigenvalue weighted by molar-refractivity contribution is 5.76. The molecular formula is C20H29NO3. The maximum Gasteiger partial charge on any atom is 0.222 e. The SMILES string of the molecule is COc1ccccc1CC1CCN(C(=O)CCC2CCCO2)CC1. The number of nitrogens with zero attached hydrogens (tertiary/aromatic N) is 1. The van der Waals surface area contributed by atoms with Gasteiger partial charge in [-0.2, -0.15) is 0 Å². The van der Waals surface area contributed by atoms with E-state index in [1.807, 2.05) is 17.0 Å². The summed E-state index contributed by atoms with van der Waals surface area (Å²) in [6, 6.07) is 8.26. The van der Waals surface area contributed by atoms with E-state index in [4.69, 9.17) is 9.47 Å². The molecule has 1 unspecified atom stereocenters. The molecule has 0 bridgehead atoms. The number of rotatable bonds is 6. The van der Waals surface area contributed by atoms with Crippen LogP contribution in [0.1, 0.15) is 44.1 Å². The first-order chi connectivity index (χ1) is 11.8. The van der Waals surface area contributed by atoms with Gasteiger partial charge in [0.2, 0.25) is 5.91 Å². The monoisotopic (exact) mass is 331 g/mol. The number of likely N-dealkylation sites (tertiary alicyclic amines) is 1. The van der Waals surface area contributed by atoms with E-state index < -0.39 is 0 Å². The molecule has 1 amide bonds. The van der Waals surface area contributed by atoms with Crippen LogP contribution in [0.5, 0.6) is 5.75 Å². The molecule has 1 atom stereocenters. The van der Waals surface area contributed by atoms with Crippen molar-refractivity contribution < 1.29 is 14.3 Å². The van der Waals surface area contributed by atoms with Crippen molar-refractivity contribution in [1.29, 1.82) is 0 Å². The van der Waals surface area contributed by atoms with Gasteiger partial charge < -0.3 is 14.4 Å². The molecule has 2 aliphatic rings. The molecule has 4 heteroatoms. The van der Waals surface area contributed by atoms with Gasteiger partial charge in [-0.3, -0.25) is 4.79 Å². The molecule has 0 saturated carbocycles. The number of hydrogen-bond acceptors (Lipinski definition) is 3. The zero-order valence-corrected chi connectivity index (χ0v) is 14.7. The van der Waals surface area contributed by atoms with Gasteiger partial charge in [0.15, 0.2) is 0 Å². The fourth-order valence-corrected chi connectivity index (χ4v) is 3.88. The molecule has 4 nitrogen and oxygen atoms in total. The van der Waals surface area contributed by atoms with Gasteiger partial charge in [-0.25, -0.2) is 0 Å². The molecule has 0 N–H and O–H groups in total. The lowest BCUT2D eigenvalue weighted by atomic mass is 9.89. The van der Waals surface area contributed by atoms with Crippen molar-refractivity contribution in [2.24, 2.45) is 5.92 Å². The summed E-state index contributed by atoms with van der Waals surface area (Å²) in [6.45, 7) is 2.65. The lowest BCUT2D eigenvalue weighted by molar-refractivity contribution is -0.133. The number of ether oxygens (including phenoxy) is 2. The smallest absolute Gasteiger partial charge is 0.222 e. The third kappa shape index (κ3) is 4.50. The molecule has 1 aromatic rings. The van der Waals surface area contributed by atoms with Gasteiger partial charge in [-0.1, -0.05) is 18.2 Å². The third-order valence-corrected chi connectivity index (χ3v) is 5.37. The van der Waals surface area contributed by atoms with Gasteiger partial charge in [0.1, 0.15) is 5.75 Å². The van der Waals surface area contributed by atoms with Crippen LogP contribution in [0.15, 0.2) is 24.3 Å². The van der Waals surface area contributed by atoms with E-state index in [0.29, 0.717) is 24.3 Å². The maximum absolute atomic E-state index is 12.4. The van der Waals surface area contributed by atoms with Crippen LogP contribution in [0.4, 0.5) is 0 Å². The quantitative estimate of drug-likeness (QED) is 0.801. The standard InChI is InChI=1S/C20H29NO3/c1-23-19-7-3-2-5-17(19)15-16-10-12-21(13-11-16)20(22)9-8-18-6-4-14-24-18/h2-3,5,7,16,18H,4,6,8-15H2,1H3. The van der Waals surface area contributed by atoms with Gasteiger partial charge in [-0.15, -0.1) is 0 Å². The Balaban J connectivity index is 1.42. The second-order valence-corrected chi connectivity index (χ2v) is 7.01. The second kappa shape index (κ2) is 8.52. The van der Waals surface area contributed by atoms with Gasteiger partial charge in [0.05, 0.1) is 13.2 Å². The van der Waals surface area contributed by atoms with Crippen molar-refractivity contribution >= 4 is 5.91 Å². The van der Waals surface area contributed by atoms with Crippen molar-refractivity contribution in [3.63, 3.8) is 0 Å². The largest absolute Gasteiger partial charge is 0.496 e. The van der Waals surface area contributed by atoms with Crippen molar-refractivity contribution in [2.75, 3.05) is 26.8 Å². The van der Waals surface area contributed by atoms with Crippen LogP contribution in [-0.2, 0) is 16.0 Å². The van der Waals surface area contributed by atoms with E-state index in [2.05, 4.69) is 12.1 Å². The van der Waals surface area contributed by atoms with E-state index >= 15 is 0 Å². The molecule has 1 aromatic carbocycles. The highest BCUT2D eigenvalue weighted by Gasteiger charge is 2.24. The number of hydrogen-bond donors (Lipinski definition) is 0. The van der Waals surface area contributed by atoms with Crippen LogP contribution in [-0.4, -0.2) is 43.7 Å². The molecule has 3 rings (SSSR count). The summed E-state index contributed by atoms with van der Waals surface area (Å²) >= 11 is 0. The van der Waals surface area contributed by atoms with Crippen molar-refractivity contribution in [2.45, 2.75) is 51.0 Å². The van der Waals surface area contributed by atoms with Gasteiger partial charge in [-0.05, 0) is 56.1 Å². The molecule has 2 heterocycles. The number of piperidine rings is 1. The Morgan fingerprint density at radius 3 is 2.75 bits per heavy atom. The van der Waals surface area contributed by atoms with E-state index in [0.717, 1.165) is 64.0 Å². The lowest BCUT2D eigenvalue weighted by Gasteiger charge is -2.32. The summed E-state index contributed by atoms with van der Waals surface area (Å²) < 4.78 is 11.1. The number of amides is 1. The third-order valence-electron chi connectivity index (χ3n) is 5.37. The van der Waals surface area contributed by atoms with E-state index in [1.165, 1.54) is 5.56 Å². The minimum Gasteiger partial charge on any atom is -0.496 e. The van der Waals surface area contributed by atoms with Crippen molar-refractivity contribution in [3.8, 4) is 5.75 Å². The minimum absolute atomic E-state index is 0.307. The molecule has 24 heavy (non-hydrogen) atoms. The summed E-state index contributed by atoms with van der Waals surface area (Å²) in [5.74, 6) is 1.93. The van der Waals surface area contributed by atoms with Crippen LogP contribution < -0.4 is 4.74 Å². The number of carbonyl (C=O) groups is 1. The Morgan fingerprint density at radius 1 is 1.25 bits per heavy atom. The van der Waals surface area contributed by atoms with Gasteiger partial charge in [0.25, 0.3) is 0 Å². The fourth-order valence-electron chi connectivity index (χ4n) is 3.88. The Bertz CT molecular complexity index is 531. The molecular weight excluding hydrogens is 302 g/mol. The first kappa shape index (κ1) is 17.3. The molecule has 0 spiro atoms. The lowest BCUT2D eigenvalue weighted by Crippen LogP contribution is -2.39. The number of para-hydroxylation sites is 1. The average molecular weight is 331 g/mol. The van der Waals surface area contributed by atoms with E-state index in [-0.39, 0.29) is 0 Å². The summed E-state index contributed by atoms with van der Waals surface area (Å²) in [4.78, 5) is 14.4. The van der Waals surface area contributed by atoms with Crippen LogP contribution in [0, 0.1) is 5.92 Å². The topological polar surface area (TPSA) is 38.8 Å². The van der Waals surface area contributed by atoms with Crippen LogP contribution in [0.3, 0.4) is 0 Å². The molecule has 2 fully saturated rings. The Labute approximate surface area is 145 Å². The Kier molecular flexibility index (Phi) is 6.13. The molecule has 2 saturated heterocycles. The summed E-state index contributed by atoms with van der Waals surface area (Å²) in [5.41, 5.74) is 1.28. The normalized spacial score (nSPS) is 21.9. The Morgan fingerprint density at radius 2 is 2.04 bits per heavy atom. The predicted octanol–water partition coefficient (Wildman–Crippen LogP) is 3.44. The maximum atomic E-state index is 12.4. The van der Waals surface area contributed by atoms with Gasteiger partial charge in [0, 0.05) is 26.1 Å². The van der Waals surface area contributed by atoms with E-state index in [9.17, 15) is 4.79 Å². The predicted molar refractivity (Wildman–Crippen MR) is 94.2 cm³/mol. The van der Waals surface area contributed by atoms with Crippen molar-refractivity contribution in [1.82, 2.24) is 4.90 Å². The van der Waals surface area contributed by atoms with Gasteiger partial charge >= 0.3 is 0 Å². The fraction of sp³-hybridized carbons (Fsp3) is 0.650. The zero-order valence-electron chi connectivity index (χ0n) is 14.7. The zero-order chi connectivity index (χ0) is 16.8. The second-order valence-electron chi connectivity index (χ2n) is 7.01. The number of methoxy groups -OCH3 is 1. The van der Waals surface area contributed by atoms with Crippen LogP contribution >= 0.6 is 0 Å². The number of benzene rings is 1. The Hall–Kier alpha value is -1.55. The molecule has 0 aromatic heterocycles. The highest BCUT2D eigenvalue weighted by Crippen LogP contribution is 2.27. The summed E-state index contributed by atoms with van der Waals surface area (Å²) in [6.07, 6.45) is 7.33. The molecule has 0 radical (unpaired) electrons. The van der Waals surface area contributed by atoms with E-state index in [1.54, 1.807) is 7.11 Å². The summed E-state index contributed by atoms with van der Waals surface area (Å²) in [7, 11) is 1.73. The first-order valence-electron chi connectivity index (χ1n) is 9.27. The molecule has 0 aliphatic carbocycles. The highest BCUT2D eigenvalue weighted by atomic mass is 16.5. The van der Waals surface area contributed by atoms with Crippen molar-refractivity contribution in [3.05, 3.63) is 29.8 Å². The number of carbonyl (C=O) groups excluding carboxylic acids is 1. The average Bonchev–Trinajstić information content (AvgIpc) is 3.14. The molecule has 2 aliphatic heterocycles. The van der Waals surface area contributed by atoms with Crippen LogP contribution in [0.2, 0.25) is 0 Å². The van der Waals surface area contributed by atoms with Crippen LogP contribution in [0.25, 0.3) is 0 Å². The molecule has 132 valence electrons. The minimum atomic E-state index is 0.307.